The minimum Gasteiger partial charge on any atom is -0.465 e. The van der Waals surface area contributed by atoms with Gasteiger partial charge in [-0.1, -0.05) is 62.2 Å². The molecule has 2 heteroatoms. The molecule has 1 aliphatic heterocycles. The van der Waals surface area contributed by atoms with Crippen molar-refractivity contribution in [2.75, 3.05) is 0 Å². The third-order valence-corrected chi connectivity index (χ3v) is 5.76. The van der Waals surface area contributed by atoms with Crippen molar-refractivity contribution in [2.24, 2.45) is 0 Å². The number of fused-ring (bicyclic) bond motifs is 1. The van der Waals surface area contributed by atoms with Gasteiger partial charge in [-0.2, -0.15) is 0 Å². The van der Waals surface area contributed by atoms with Crippen LogP contribution in [0.2, 0.25) is 0 Å². The Kier molecular flexibility index (Phi) is 4.80. The molecule has 0 amide bonds. The Hall–Kier alpha value is -1.80. The molecule has 132 valence electrons. The first-order valence-corrected chi connectivity index (χ1v) is 9.68. The first-order valence-electron chi connectivity index (χ1n) is 9.68. The summed E-state index contributed by atoms with van der Waals surface area (Å²) in [7, 11) is 0. The zero-order valence-electron chi connectivity index (χ0n) is 15.3. The van der Waals surface area contributed by atoms with Crippen LogP contribution in [0.15, 0.2) is 48.5 Å². The molecule has 0 radical (unpaired) electrons. The van der Waals surface area contributed by atoms with E-state index in [-0.39, 0.29) is 12.4 Å². The number of rotatable bonds is 3. The third kappa shape index (κ3) is 3.59. The van der Waals surface area contributed by atoms with Crippen LogP contribution in [0.1, 0.15) is 67.6 Å². The topological polar surface area (TPSA) is 18.5 Å². The van der Waals surface area contributed by atoms with E-state index in [2.05, 4.69) is 62.4 Å². The Labute approximate surface area is 151 Å². The number of aryl methyl sites for hydroxylation is 1. The Morgan fingerprint density at radius 3 is 2.64 bits per heavy atom. The van der Waals surface area contributed by atoms with Gasteiger partial charge in [0.25, 0.3) is 0 Å². The van der Waals surface area contributed by atoms with Gasteiger partial charge in [-0.3, -0.25) is 0 Å². The number of hydrogen-bond donors (Lipinski definition) is 0. The van der Waals surface area contributed by atoms with Crippen molar-refractivity contribution in [1.82, 2.24) is 0 Å². The summed E-state index contributed by atoms with van der Waals surface area (Å²) in [4.78, 5) is 0. The Bertz CT molecular complexity index is 709. The molecule has 0 unspecified atom stereocenters. The molecular weight excluding hydrogens is 308 g/mol. The summed E-state index contributed by atoms with van der Waals surface area (Å²) >= 11 is 0. The first-order chi connectivity index (χ1) is 12.2. The van der Waals surface area contributed by atoms with Crippen LogP contribution >= 0.6 is 0 Å². The molecule has 0 bridgehead atoms. The first kappa shape index (κ1) is 16.7. The van der Waals surface area contributed by atoms with E-state index in [0.717, 1.165) is 18.6 Å². The SMILES string of the molecule is Cc1ccc2c(c1)O[C@H](O[C@@H]1CCCC[C@H]1c1ccccc1)C[C@@H]2C. The fourth-order valence-electron chi connectivity index (χ4n) is 4.38. The highest BCUT2D eigenvalue weighted by molar-refractivity contribution is 5.40. The lowest BCUT2D eigenvalue weighted by Crippen LogP contribution is -2.36. The van der Waals surface area contributed by atoms with Crippen LogP contribution in [0.4, 0.5) is 0 Å². The van der Waals surface area contributed by atoms with Gasteiger partial charge in [-0.05, 0) is 48.4 Å². The number of ether oxygens (including phenoxy) is 2. The van der Waals surface area contributed by atoms with Gasteiger partial charge < -0.3 is 9.47 Å². The fourth-order valence-corrected chi connectivity index (χ4v) is 4.38. The van der Waals surface area contributed by atoms with E-state index in [4.69, 9.17) is 9.47 Å². The summed E-state index contributed by atoms with van der Waals surface area (Å²) in [5.74, 6) is 1.98. The zero-order valence-corrected chi connectivity index (χ0v) is 15.3. The van der Waals surface area contributed by atoms with E-state index in [0.29, 0.717) is 11.8 Å². The van der Waals surface area contributed by atoms with Crippen molar-refractivity contribution in [3.05, 3.63) is 65.2 Å². The molecule has 0 aromatic heterocycles. The molecule has 1 aliphatic carbocycles. The highest BCUT2D eigenvalue weighted by Gasteiger charge is 2.33. The molecule has 2 aromatic carbocycles. The van der Waals surface area contributed by atoms with E-state index >= 15 is 0 Å². The highest BCUT2D eigenvalue weighted by Crippen LogP contribution is 2.40. The summed E-state index contributed by atoms with van der Waals surface area (Å²) in [6.45, 7) is 4.40. The molecule has 1 heterocycles. The van der Waals surface area contributed by atoms with Crippen molar-refractivity contribution in [3.8, 4) is 5.75 Å². The molecule has 0 saturated heterocycles. The van der Waals surface area contributed by atoms with Gasteiger partial charge in [0.05, 0.1) is 6.10 Å². The minimum atomic E-state index is -0.126. The fraction of sp³-hybridized carbons (Fsp3) is 0.478. The molecular formula is C23H28O2. The van der Waals surface area contributed by atoms with Gasteiger partial charge in [0.2, 0.25) is 6.29 Å². The van der Waals surface area contributed by atoms with E-state index in [1.807, 2.05) is 0 Å². The van der Waals surface area contributed by atoms with Crippen LogP contribution in [0, 0.1) is 6.92 Å². The lowest BCUT2D eigenvalue weighted by Gasteiger charge is -2.37. The lowest BCUT2D eigenvalue weighted by atomic mass is 9.81. The molecule has 2 aliphatic rings. The monoisotopic (exact) mass is 336 g/mol. The van der Waals surface area contributed by atoms with Crippen molar-refractivity contribution in [2.45, 2.75) is 70.2 Å². The Balaban J connectivity index is 1.51. The Morgan fingerprint density at radius 2 is 1.80 bits per heavy atom. The Morgan fingerprint density at radius 1 is 1.00 bits per heavy atom. The third-order valence-electron chi connectivity index (χ3n) is 5.76. The summed E-state index contributed by atoms with van der Waals surface area (Å²) in [5, 5.41) is 0. The average Bonchev–Trinajstić information content (AvgIpc) is 2.62. The van der Waals surface area contributed by atoms with E-state index in [9.17, 15) is 0 Å². The standard InChI is InChI=1S/C23H28O2/c1-16-12-13-19-17(2)15-23(25-22(19)14-16)24-21-11-7-6-10-20(21)18-8-4-3-5-9-18/h3-5,8-9,12-14,17,20-21,23H,6-7,10-11,15H2,1-2H3/t17-,20-,21+,23-/m0/s1. The predicted molar refractivity (Wildman–Crippen MR) is 101 cm³/mol. The quantitative estimate of drug-likeness (QED) is 0.689. The van der Waals surface area contributed by atoms with Gasteiger partial charge in [0.15, 0.2) is 0 Å². The summed E-state index contributed by atoms with van der Waals surface area (Å²) in [6.07, 6.45) is 5.98. The van der Waals surface area contributed by atoms with Crippen molar-refractivity contribution >= 4 is 0 Å². The second kappa shape index (κ2) is 7.21. The van der Waals surface area contributed by atoms with Crippen molar-refractivity contribution in [3.63, 3.8) is 0 Å². The highest BCUT2D eigenvalue weighted by atomic mass is 16.7. The summed E-state index contributed by atoms with van der Waals surface area (Å²) < 4.78 is 12.8. The smallest absolute Gasteiger partial charge is 0.200 e. The van der Waals surface area contributed by atoms with Gasteiger partial charge in [0.1, 0.15) is 5.75 Å². The lowest BCUT2D eigenvalue weighted by molar-refractivity contribution is -0.145. The predicted octanol–water partition coefficient (Wildman–Crippen LogP) is 5.95. The normalized spacial score (nSPS) is 28.9. The number of hydrogen-bond acceptors (Lipinski definition) is 2. The molecule has 0 N–H and O–H groups in total. The van der Waals surface area contributed by atoms with E-state index in [1.165, 1.54) is 36.0 Å². The van der Waals surface area contributed by atoms with E-state index in [1.54, 1.807) is 0 Å². The molecule has 2 nitrogen and oxygen atoms in total. The molecule has 1 saturated carbocycles. The van der Waals surface area contributed by atoms with Crippen molar-refractivity contribution in [1.29, 1.82) is 0 Å². The van der Waals surface area contributed by atoms with Gasteiger partial charge in [-0.15, -0.1) is 0 Å². The second-order valence-corrected chi connectivity index (χ2v) is 7.70. The zero-order chi connectivity index (χ0) is 17.2. The van der Waals surface area contributed by atoms with Crippen LogP contribution in [-0.2, 0) is 4.74 Å². The number of benzene rings is 2. The molecule has 4 rings (SSSR count). The van der Waals surface area contributed by atoms with Crippen LogP contribution in [0.5, 0.6) is 5.75 Å². The molecule has 1 fully saturated rings. The van der Waals surface area contributed by atoms with Crippen LogP contribution in [0.25, 0.3) is 0 Å². The molecule has 25 heavy (non-hydrogen) atoms. The summed E-state index contributed by atoms with van der Waals surface area (Å²) in [6, 6.07) is 17.4. The largest absolute Gasteiger partial charge is 0.465 e. The second-order valence-electron chi connectivity index (χ2n) is 7.70. The molecule has 4 atom stereocenters. The average molecular weight is 336 g/mol. The maximum atomic E-state index is 6.54. The molecule has 0 spiro atoms. The maximum absolute atomic E-state index is 6.54. The molecule has 2 aromatic rings. The van der Waals surface area contributed by atoms with Gasteiger partial charge in [0, 0.05) is 12.3 Å². The minimum absolute atomic E-state index is 0.126. The van der Waals surface area contributed by atoms with Gasteiger partial charge in [-0.25, -0.2) is 0 Å². The maximum Gasteiger partial charge on any atom is 0.200 e. The van der Waals surface area contributed by atoms with Crippen molar-refractivity contribution < 1.29 is 9.47 Å². The van der Waals surface area contributed by atoms with E-state index < -0.39 is 0 Å². The van der Waals surface area contributed by atoms with Gasteiger partial charge >= 0.3 is 0 Å². The summed E-state index contributed by atoms with van der Waals surface area (Å²) in [5.41, 5.74) is 3.97. The van der Waals surface area contributed by atoms with Crippen LogP contribution < -0.4 is 4.74 Å². The van der Waals surface area contributed by atoms with Crippen LogP contribution in [0.3, 0.4) is 0 Å². The van der Waals surface area contributed by atoms with Crippen LogP contribution in [-0.4, -0.2) is 12.4 Å².